The zero-order valence-electron chi connectivity index (χ0n) is 13.1. The lowest BCUT2D eigenvalue weighted by Gasteiger charge is -2.15. The van der Waals surface area contributed by atoms with Gasteiger partial charge in [-0.1, -0.05) is 6.07 Å². The van der Waals surface area contributed by atoms with Crippen LogP contribution in [0.25, 0.3) is 0 Å². The van der Waals surface area contributed by atoms with Crippen LogP contribution in [0.15, 0.2) is 18.2 Å². The van der Waals surface area contributed by atoms with Crippen LogP contribution in [0.2, 0.25) is 0 Å². The minimum Gasteiger partial charge on any atom is -0.495 e. The van der Waals surface area contributed by atoms with E-state index in [-0.39, 0.29) is 23.7 Å². The van der Waals surface area contributed by atoms with Crippen molar-refractivity contribution in [3.05, 3.63) is 23.8 Å². The Morgan fingerprint density at radius 2 is 1.95 bits per heavy atom. The Balaban J connectivity index is 1.62. The maximum atomic E-state index is 12.3. The van der Waals surface area contributed by atoms with Crippen molar-refractivity contribution in [2.75, 3.05) is 25.5 Å². The molecule has 1 saturated carbocycles. The van der Waals surface area contributed by atoms with Crippen LogP contribution in [-0.2, 0) is 9.59 Å². The van der Waals surface area contributed by atoms with E-state index in [1.807, 2.05) is 30.0 Å². The molecule has 2 fully saturated rings. The van der Waals surface area contributed by atoms with Gasteiger partial charge in [-0.25, -0.2) is 0 Å². The number of amides is 2. The first-order valence-corrected chi connectivity index (χ1v) is 7.84. The van der Waals surface area contributed by atoms with Gasteiger partial charge in [0, 0.05) is 13.1 Å². The highest BCUT2D eigenvalue weighted by Gasteiger charge is 2.49. The van der Waals surface area contributed by atoms with Gasteiger partial charge in [0.2, 0.25) is 11.8 Å². The standard InChI is InChI=1S/C17H22N2O3/c1-11-5-6-15(22-2)14(9-11)18-16(20)12-10-13(12)17(21)19-7-3-4-8-19/h5-6,9,12-13H,3-4,7-8,10H2,1-2H3,(H,18,20). The molecule has 1 saturated heterocycles. The zero-order valence-corrected chi connectivity index (χ0v) is 13.1. The van der Waals surface area contributed by atoms with Crippen molar-refractivity contribution < 1.29 is 14.3 Å². The molecule has 2 unspecified atom stereocenters. The van der Waals surface area contributed by atoms with Crippen molar-refractivity contribution >= 4 is 17.5 Å². The Morgan fingerprint density at radius 1 is 1.23 bits per heavy atom. The average Bonchev–Trinajstić information content (AvgIpc) is 3.12. The summed E-state index contributed by atoms with van der Waals surface area (Å²) in [6, 6.07) is 5.66. The summed E-state index contributed by atoms with van der Waals surface area (Å²) in [6.07, 6.45) is 2.82. The molecule has 5 heteroatoms. The summed E-state index contributed by atoms with van der Waals surface area (Å²) in [6.45, 7) is 3.65. The van der Waals surface area contributed by atoms with Crippen molar-refractivity contribution in [3.8, 4) is 5.75 Å². The number of nitrogens with zero attached hydrogens (tertiary/aromatic N) is 1. The monoisotopic (exact) mass is 302 g/mol. The van der Waals surface area contributed by atoms with Gasteiger partial charge in [-0.05, 0) is 43.9 Å². The number of rotatable bonds is 4. The van der Waals surface area contributed by atoms with Gasteiger partial charge in [-0.15, -0.1) is 0 Å². The second-order valence-corrected chi connectivity index (χ2v) is 6.17. The van der Waals surface area contributed by atoms with Gasteiger partial charge in [-0.3, -0.25) is 9.59 Å². The Hall–Kier alpha value is -2.04. The fraction of sp³-hybridized carbons (Fsp3) is 0.529. The van der Waals surface area contributed by atoms with Crippen LogP contribution in [0.3, 0.4) is 0 Å². The van der Waals surface area contributed by atoms with Gasteiger partial charge in [0.05, 0.1) is 24.6 Å². The summed E-state index contributed by atoms with van der Waals surface area (Å²) in [5.74, 6) is 0.379. The first-order chi connectivity index (χ1) is 10.6. The molecule has 2 amide bonds. The molecule has 22 heavy (non-hydrogen) atoms. The second-order valence-electron chi connectivity index (χ2n) is 6.17. The largest absolute Gasteiger partial charge is 0.495 e. The molecule has 0 radical (unpaired) electrons. The van der Waals surface area contributed by atoms with E-state index in [1.54, 1.807) is 7.11 Å². The van der Waals surface area contributed by atoms with Gasteiger partial charge >= 0.3 is 0 Å². The fourth-order valence-electron chi connectivity index (χ4n) is 3.07. The van der Waals surface area contributed by atoms with Crippen molar-refractivity contribution in [2.45, 2.75) is 26.2 Å². The lowest BCUT2D eigenvalue weighted by atomic mass is 10.2. The third-order valence-electron chi connectivity index (χ3n) is 4.47. The molecule has 2 atom stereocenters. The van der Waals surface area contributed by atoms with Crippen molar-refractivity contribution in [2.24, 2.45) is 11.8 Å². The summed E-state index contributed by atoms with van der Waals surface area (Å²) >= 11 is 0. The van der Waals surface area contributed by atoms with Gasteiger partial charge in [0.15, 0.2) is 0 Å². The molecule has 1 N–H and O–H groups in total. The summed E-state index contributed by atoms with van der Waals surface area (Å²) < 4.78 is 5.27. The molecule has 1 aromatic carbocycles. The van der Waals surface area contributed by atoms with Crippen LogP contribution in [0.4, 0.5) is 5.69 Å². The molecule has 1 heterocycles. The number of ether oxygens (including phenoxy) is 1. The molecule has 2 aliphatic rings. The predicted octanol–water partition coefficient (Wildman–Crippen LogP) is 2.20. The molecular weight excluding hydrogens is 280 g/mol. The topological polar surface area (TPSA) is 58.6 Å². The number of hydrogen-bond acceptors (Lipinski definition) is 3. The highest BCUT2D eigenvalue weighted by Crippen LogP contribution is 2.42. The van der Waals surface area contributed by atoms with Crippen LogP contribution >= 0.6 is 0 Å². The molecule has 5 nitrogen and oxygen atoms in total. The average molecular weight is 302 g/mol. The third-order valence-corrected chi connectivity index (χ3v) is 4.47. The van der Waals surface area contributed by atoms with Crippen LogP contribution in [0.5, 0.6) is 5.75 Å². The summed E-state index contributed by atoms with van der Waals surface area (Å²) in [5, 5.41) is 2.90. The van der Waals surface area contributed by atoms with Gasteiger partial charge in [-0.2, -0.15) is 0 Å². The molecule has 1 aliphatic carbocycles. The van der Waals surface area contributed by atoms with Crippen LogP contribution in [0, 0.1) is 18.8 Å². The highest BCUT2D eigenvalue weighted by atomic mass is 16.5. The van der Waals surface area contributed by atoms with Gasteiger partial charge in [0.1, 0.15) is 5.75 Å². The van der Waals surface area contributed by atoms with Crippen LogP contribution in [-0.4, -0.2) is 36.9 Å². The lowest BCUT2D eigenvalue weighted by molar-refractivity contribution is -0.133. The minimum atomic E-state index is -0.196. The second kappa shape index (κ2) is 5.99. The minimum absolute atomic E-state index is 0.0820. The summed E-state index contributed by atoms with van der Waals surface area (Å²) in [7, 11) is 1.58. The van der Waals surface area contributed by atoms with E-state index >= 15 is 0 Å². The molecule has 3 rings (SSSR count). The summed E-state index contributed by atoms with van der Waals surface area (Å²) in [4.78, 5) is 26.5. The zero-order chi connectivity index (χ0) is 15.7. The maximum absolute atomic E-state index is 12.3. The number of carbonyl (C=O) groups excluding carboxylic acids is 2. The maximum Gasteiger partial charge on any atom is 0.228 e. The number of anilines is 1. The number of nitrogens with one attached hydrogen (secondary N) is 1. The quantitative estimate of drug-likeness (QED) is 0.927. The number of likely N-dealkylation sites (tertiary alicyclic amines) is 1. The molecule has 1 aliphatic heterocycles. The molecular formula is C17H22N2O3. The summed E-state index contributed by atoms with van der Waals surface area (Å²) in [5.41, 5.74) is 1.73. The van der Waals surface area contributed by atoms with E-state index < -0.39 is 0 Å². The molecule has 0 aromatic heterocycles. The van der Waals surface area contributed by atoms with E-state index in [2.05, 4.69) is 5.32 Å². The number of aryl methyl sites for hydroxylation is 1. The number of carbonyl (C=O) groups is 2. The van der Waals surface area contributed by atoms with E-state index in [1.165, 1.54) is 0 Å². The molecule has 0 bridgehead atoms. The van der Waals surface area contributed by atoms with E-state index in [4.69, 9.17) is 4.74 Å². The van der Waals surface area contributed by atoms with Crippen molar-refractivity contribution in [1.29, 1.82) is 0 Å². The molecule has 0 spiro atoms. The van der Waals surface area contributed by atoms with E-state index in [9.17, 15) is 9.59 Å². The van der Waals surface area contributed by atoms with Crippen molar-refractivity contribution in [3.63, 3.8) is 0 Å². The number of hydrogen-bond donors (Lipinski definition) is 1. The normalized spacial score (nSPS) is 23.3. The predicted molar refractivity (Wildman–Crippen MR) is 83.8 cm³/mol. The lowest BCUT2D eigenvalue weighted by Crippen LogP contribution is -2.30. The Kier molecular flexibility index (Phi) is 4.05. The van der Waals surface area contributed by atoms with Crippen LogP contribution < -0.4 is 10.1 Å². The van der Waals surface area contributed by atoms with E-state index in [0.29, 0.717) is 17.9 Å². The fourth-order valence-corrected chi connectivity index (χ4v) is 3.07. The van der Waals surface area contributed by atoms with Crippen LogP contribution in [0.1, 0.15) is 24.8 Å². The van der Waals surface area contributed by atoms with Crippen molar-refractivity contribution in [1.82, 2.24) is 4.90 Å². The Morgan fingerprint density at radius 3 is 2.64 bits per heavy atom. The van der Waals surface area contributed by atoms with Gasteiger partial charge in [0.25, 0.3) is 0 Å². The van der Waals surface area contributed by atoms with Gasteiger partial charge < -0.3 is 15.0 Å². The number of methoxy groups -OCH3 is 1. The van der Waals surface area contributed by atoms with E-state index in [0.717, 1.165) is 31.5 Å². The third kappa shape index (κ3) is 2.93. The number of benzene rings is 1. The highest BCUT2D eigenvalue weighted by molar-refractivity contribution is 6.00. The Bertz CT molecular complexity index is 594. The Labute approximate surface area is 130 Å². The first-order valence-electron chi connectivity index (χ1n) is 7.84. The SMILES string of the molecule is COc1ccc(C)cc1NC(=O)C1CC1C(=O)N1CCCC1. The molecule has 1 aromatic rings. The molecule has 118 valence electrons. The first kappa shape index (κ1) is 14.9. The smallest absolute Gasteiger partial charge is 0.228 e.